The molecule has 0 unspecified atom stereocenters. The summed E-state index contributed by atoms with van der Waals surface area (Å²) >= 11 is 0. The van der Waals surface area contributed by atoms with Crippen molar-refractivity contribution < 1.29 is 0 Å². The zero-order chi connectivity index (χ0) is 11.0. The molecule has 0 fully saturated rings. The van der Waals surface area contributed by atoms with Crippen molar-refractivity contribution in [1.82, 2.24) is 14.7 Å². The first-order valence-electron chi connectivity index (χ1n) is 5.71. The molecule has 15 heavy (non-hydrogen) atoms. The topological polar surface area (TPSA) is 47.1 Å². The fraction of sp³-hybridized carbons (Fsp3) is 0.727. The Morgan fingerprint density at radius 2 is 2.20 bits per heavy atom. The van der Waals surface area contributed by atoms with Crippen LogP contribution in [0.1, 0.15) is 38.1 Å². The van der Waals surface area contributed by atoms with Crippen molar-refractivity contribution in [1.29, 1.82) is 0 Å². The van der Waals surface area contributed by atoms with Crippen molar-refractivity contribution in [2.45, 2.75) is 39.8 Å². The second kappa shape index (κ2) is 3.85. The third-order valence-electron chi connectivity index (χ3n) is 3.14. The number of hydrogen-bond donors (Lipinski definition) is 1. The number of aromatic nitrogens is 2. The normalized spacial score (nSPS) is 17.1. The Balaban J connectivity index is 2.37. The second-order valence-electron chi connectivity index (χ2n) is 4.47. The van der Waals surface area contributed by atoms with Crippen molar-refractivity contribution in [3.63, 3.8) is 0 Å². The van der Waals surface area contributed by atoms with E-state index in [1.54, 1.807) is 0 Å². The van der Waals surface area contributed by atoms with Crippen LogP contribution in [0.2, 0.25) is 0 Å². The molecule has 0 spiro atoms. The van der Waals surface area contributed by atoms with Gasteiger partial charge in [0.15, 0.2) is 0 Å². The Bertz CT molecular complexity index is 354. The average molecular weight is 208 g/mol. The van der Waals surface area contributed by atoms with Crippen LogP contribution in [0.5, 0.6) is 0 Å². The van der Waals surface area contributed by atoms with E-state index in [0.29, 0.717) is 6.04 Å². The number of likely N-dealkylation sites (N-methyl/N-ethyl adjacent to an activating group) is 1. The summed E-state index contributed by atoms with van der Waals surface area (Å²) in [6, 6.07) is 0.396. The number of nitrogens with zero attached hydrogens (tertiary/aromatic N) is 3. The van der Waals surface area contributed by atoms with Gasteiger partial charge in [-0.25, -0.2) is 0 Å². The summed E-state index contributed by atoms with van der Waals surface area (Å²) in [6.45, 7) is 9.70. The highest BCUT2D eigenvalue weighted by Gasteiger charge is 2.23. The summed E-state index contributed by atoms with van der Waals surface area (Å²) < 4.78 is 2.08. The third-order valence-corrected chi connectivity index (χ3v) is 3.14. The number of rotatable bonds is 2. The summed E-state index contributed by atoms with van der Waals surface area (Å²) in [6.07, 6.45) is 1.04. The first-order chi connectivity index (χ1) is 7.13. The zero-order valence-electron chi connectivity index (χ0n) is 9.82. The summed E-state index contributed by atoms with van der Waals surface area (Å²) in [7, 11) is 0. The maximum atomic E-state index is 5.94. The number of fused-ring (bicyclic) bond motifs is 1. The summed E-state index contributed by atoms with van der Waals surface area (Å²) in [5.74, 6) is 0.731. The van der Waals surface area contributed by atoms with Crippen LogP contribution in [0.15, 0.2) is 0 Å². The predicted molar refractivity (Wildman–Crippen MR) is 61.7 cm³/mol. The molecule has 2 rings (SSSR count). The molecule has 0 amide bonds. The van der Waals surface area contributed by atoms with Gasteiger partial charge >= 0.3 is 0 Å². The molecule has 1 aliphatic rings. The van der Waals surface area contributed by atoms with Crippen molar-refractivity contribution in [3.05, 3.63) is 11.3 Å². The molecule has 0 aliphatic carbocycles. The number of anilines is 1. The summed E-state index contributed by atoms with van der Waals surface area (Å²) in [4.78, 5) is 2.43. The Morgan fingerprint density at radius 1 is 1.47 bits per heavy atom. The van der Waals surface area contributed by atoms with Gasteiger partial charge in [-0.2, -0.15) is 5.10 Å². The Labute approximate surface area is 91.1 Å². The highest BCUT2D eigenvalue weighted by atomic mass is 15.3. The molecule has 1 aliphatic heterocycles. The molecular formula is C11H20N4. The molecular weight excluding hydrogens is 188 g/mol. The van der Waals surface area contributed by atoms with Crippen LogP contribution in [-0.4, -0.2) is 27.8 Å². The van der Waals surface area contributed by atoms with Crippen LogP contribution in [-0.2, 0) is 13.0 Å². The largest absolute Gasteiger partial charge is 0.382 e. The van der Waals surface area contributed by atoms with Crippen LogP contribution >= 0.6 is 0 Å². The highest BCUT2D eigenvalue weighted by Crippen LogP contribution is 2.25. The lowest BCUT2D eigenvalue weighted by molar-refractivity contribution is 0.255. The van der Waals surface area contributed by atoms with Crippen molar-refractivity contribution in [3.8, 4) is 0 Å². The maximum absolute atomic E-state index is 5.94. The van der Waals surface area contributed by atoms with E-state index in [2.05, 4.69) is 35.5 Å². The Kier molecular flexibility index (Phi) is 2.69. The molecule has 0 bridgehead atoms. The fourth-order valence-corrected chi connectivity index (χ4v) is 2.22. The quantitative estimate of drug-likeness (QED) is 0.799. The van der Waals surface area contributed by atoms with Gasteiger partial charge < -0.3 is 5.73 Å². The van der Waals surface area contributed by atoms with E-state index in [0.717, 1.165) is 31.9 Å². The Morgan fingerprint density at radius 3 is 2.80 bits per heavy atom. The second-order valence-corrected chi connectivity index (χ2v) is 4.47. The van der Waals surface area contributed by atoms with E-state index in [1.165, 1.54) is 11.3 Å². The van der Waals surface area contributed by atoms with Crippen LogP contribution in [0.4, 0.5) is 5.82 Å². The molecule has 4 heteroatoms. The lowest BCUT2D eigenvalue weighted by Crippen LogP contribution is -2.31. The van der Waals surface area contributed by atoms with E-state index in [9.17, 15) is 0 Å². The first-order valence-corrected chi connectivity index (χ1v) is 5.71. The van der Waals surface area contributed by atoms with Crippen molar-refractivity contribution in [2.24, 2.45) is 0 Å². The zero-order valence-corrected chi connectivity index (χ0v) is 9.82. The van der Waals surface area contributed by atoms with Crippen LogP contribution < -0.4 is 5.73 Å². The molecule has 0 radical (unpaired) electrons. The van der Waals surface area contributed by atoms with E-state index >= 15 is 0 Å². The van der Waals surface area contributed by atoms with Gasteiger partial charge in [-0.3, -0.25) is 9.58 Å². The van der Waals surface area contributed by atoms with Gasteiger partial charge in [0, 0.05) is 24.7 Å². The van der Waals surface area contributed by atoms with Gasteiger partial charge in [0.2, 0.25) is 0 Å². The average Bonchev–Trinajstić information content (AvgIpc) is 2.56. The smallest absolute Gasteiger partial charge is 0.149 e. The number of nitrogens with two attached hydrogens (primary N) is 1. The summed E-state index contributed by atoms with van der Waals surface area (Å²) in [5.41, 5.74) is 8.52. The minimum atomic E-state index is 0.396. The van der Waals surface area contributed by atoms with E-state index in [1.807, 2.05) is 0 Å². The minimum absolute atomic E-state index is 0.396. The summed E-state index contributed by atoms with van der Waals surface area (Å²) in [5, 5.41) is 4.43. The molecule has 0 aromatic carbocycles. The lowest BCUT2D eigenvalue weighted by atomic mass is 10.1. The maximum Gasteiger partial charge on any atom is 0.149 e. The van der Waals surface area contributed by atoms with Gasteiger partial charge in [-0.05, 0) is 26.8 Å². The van der Waals surface area contributed by atoms with Gasteiger partial charge in [0.25, 0.3) is 0 Å². The molecule has 84 valence electrons. The number of hydrogen-bond acceptors (Lipinski definition) is 3. The molecule has 4 nitrogen and oxygen atoms in total. The molecule has 1 aromatic heterocycles. The van der Waals surface area contributed by atoms with Gasteiger partial charge in [0.1, 0.15) is 5.82 Å². The standard InChI is InChI=1S/C11H20N4/c1-4-14-6-5-9-10(7-14)15(8(2)3)13-11(9)12/h8H,4-7H2,1-3H3,(H2,12,13). The van der Waals surface area contributed by atoms with Crippen molar-refractivity contribution >= 4 is 5.82 Å². The van der Waals surface area contributed by atoms with Crippen LogP contribution in [0, 0.1) is 0 Å². The van der Waals surface area contributed by atoms with Crippen LogP contribution in [0.25, 0.3) is 0 Å². The van der Waals surface area contributed by atoms with E-state index in [4.69, 9.17) is 5.73 Å². The van der Waals surface area contributed by atoms with Gasteiger partial charge in [-0.1, -0.05) is 6.92 Å². The van der Waals surface area contributed by atoms with E-state index in [-0.39, 0.29) is 0 Å². The first kappa shape index (κ1) is 10.5. The minimum Gasteiger partial charge on any atom is -0.382 e. The van der Waals surface area contributed by atoms with Gasteiger partial charge in [-0.15, -0.1) is 0 Å². The van der Waals surface area contributed by atoms with Crippen LogP contribution in [0.3, 0.4) is 0 Å². The molecule has 2 heterocycles. The van der Waals surface area contributed by atoms with E-state index < -0.39 is 0 Å². The fourth-order valence-electron chi connectivity index (χ4n) is 2.22. The molecule has 0 saturated heterocycles. The molecule has 0 saturated carbocycles. The third kappa shape index (κ3) is 1.74. The monoisotopic (exact) mass is 208 g/mol. The molecule has 0 atom stereocenters. The highest BCUT2D eigenvalue weighted by molar-refractivity contribution is 5.44. The molecule has 2 N–H and O–H groups in total. The van der Waals surface area contributed by atoms with Crippen molar-refractivity contribution in [2.75, 3.05) is 18.8 Å². The Hall–Kier alpha value is -1.03. The van der Waals surface area contributed by atoms with Gasteiger partial charge in [0.05, 0.1) is 5.69 Å². The molecule has 1 aromatic rings. The number of nitrogen functional groups attached to an aromatic ring is 1. The lowest BCUT2D eigenvalue weighted by Gasteiger charge is -2.26. The SMILES string of the molecule is CCN1CCc2c(N)nn(C(C)C)c2C1. The predicted octanol–water partition coefficient (Wildman–Crippen LogP) is 1.42.